The lowest BCUT2D eigenvalue weighted by atomic mass is 9.82. The van der Waals surface area contributed by atoms with Gasteiger partial charge in [0.15, 0.2) is 5.78 Å². The van der Waals surface area contributed by atoms with Gasteiger partial charge in [0.25, 0.3) is 5.91 Å². The van der Waals surface area contributed by atoms with Gasteiger partial charge >= 0.3 is 0 Å². The zero-order chi connectivity index (χ0) is 22.2. The minimum Gasteiger partial charge on any atom is -0.388 e. The Labute approximate surface area is 189 Å². The fraction of sp³-hybridized carbons (Fsp3) is 0.304. The number of amides is 1. The normalized spacial score (nSPS) is 15.7. The van der Waals surface area contributed by atoms with Gasteiger partial charge < -0.3 is 19.7 Å². The number of aryl methyl sites for hydroxylation is 1. The number of aromatic nitrogens is 1. The number of hydrogen-bond donors (Lipinski definition) is 2. The van der Waals surface area contributed by atoms with E-state index in [0.717, 1.165) is 16.5 Å². The topological polar surface area (TPSA) is 80.6 Å². The van der Waals surface area contributed by atoms with Crippen LogP contribution >= 0.6 is 23.2 Å². The largest absolute Gasteiger partial charge is 0.388 e. The Morgan fingerprint density at radius 1 is 1.13 bits per heavy atom. The number of rotatable bonds is 5. The van der Waals surface area contributed by atoms with Crippen LogP contribution in [0.1, 0.15) is 39.3 Å². The number of hydrogen-bond acceptors (Lipinski definition) is 4. The third kappa shape index (κ3) is 3.96. The number of aliphatic hydroxyl groups excluding tert-OH is 1. The molecule has 2 heterocycles. The van der Waals surface area contributed by atoms with Gasteiger partial charge in [-0.25, -0.2) is 0 Å². The van der Waals surface area contributed by atoms with Crippen molar-refractivity contribution >= 4 is 45.8 Å². The summed E-state index contributed by atoms with van der Waals surface area (Å²) in [4.78, 5) is 25.1. The molecule has 31 heavy (non-hydrogen) atoms. The van der Waals surface area contributed by atoms with Gasteiger partial charge in [-0.1, -0.05) is 47.5 Å². The van der Waals surface area contributed by atoms with Crippen molar-refractivity contribution in [1.29, 1.82) is 0 Å². The van der Waals surface area contributed by atoms with Gasteiger partial charge in [0.1, 0.15) is 12.3 Å². The predicted octanol–water partition coefficient (Wildman–Crippen LogP) is 4.10. The Bertz CT molecular complexity index is 1150. The first-order chi connectivity index (χ1) is 14.9. The Kier molecular flexibility index (Phi) is 6.08. The summed E-state index contributed by atoms with van der Waals surface area (Å²) in [5.74, 6) is -0.578. The standard InChI is InChI=1S/C23H22Cl2N2O4/c1-27-18-7-6-17(24)21(25)16(18)12-19(27)22(30)26-23(8-10-31-11-9-23)15-4-2-14(3-5-15)20(29)13-28/h2-7,12,28H,8-11,13H2,1H3,(H,26,30). The van der Waals surface area contributed by atoms with Crippen LogP contribution in [-0.2, 0) is 17.3 Å². The maximum absolute atomic E-state index is 13.4. The Balaban J connectivity index is 1.69. The average Bonchev–Trinajstić information content (AvgIpc) is 3.13. The first-order valence-corrected chi connectivity index (χ1v) is 10.7. The van der Waals surface area contributed by atoms with Crippen LogP contribution in [-0.4, -0.2) is 41.2 Å². The van der Waals surface area contributed by atoms with E-state index in [1.165, 1.54) is 0 Å². The molecule has 0 aliphatic carbocycles. The highest BCUT2D eigenvalue weighted by atomic mass is 35.5. The molecule has 1 amide bonds. The molecule has 1 saturated heterocycles. The minimum atomic E-state index is -0.631. The second-order valence-electron chi connectivity index (χ2n) is 7.69. The SMILES string of the molecule is Cn1c(C(=O)NC2(c3ccc(C(=O)CO)cc3)CCOCC2)cc2c(Cl)c(Cl)ccc21. The third-order valence-electron chi connectivity index (χ3n) is 5.95. The number of fused-ring (bicyclic) bond motifs is 1. The molecule has 2 aromatic carbocycles. The summed E-state index contributed by atoms with van der Waals surface area (Å²) in [6.07, 6.45) is 1.20. The van der Waals surface area contributed by atoms with Gasteiger partial charge in [-0.15, -0.1) is 0 Å². The first-order valence-electron chi connectivity index (χ1n) is 9.94. The molecule has 1 fully saturated rings. The second kappa shape index (κ2) is 8.63. The van der Waals surface area contributed by atoms with E-state index < -0.39 is 12.1 Å². The molecule has 162 valence electrons. The number of ketones is 1. The molecule has 2 N–H and O–H groups in total. The summed E-state index contributed by atoms with van der Waals surface area (Å²) in [7, 11) is 1.81. The van der Waals surface area contributed by atoms with Crippen molar-refractivity contribution in [2.75, 3.05) is 19.8 Å². The summed E-state index contributed by atoms with van der Waals surface area (Å²) >= 11 is 12.5. The molecular formula is C23H22Cl2N2O4. The van der Waals surface area contributed by atoms with Gasteiger partial charge in [0, 0.05) is 36.7 Å². The van der Waals surface area contributed by atoms with Crippen LogP contribution in [0.2, 0.25) is 10.0 Å². The van der Waals surface area contributed by atoms with Crippen LogP contribution in [0, 0.1) is 0 Å². The van der Waals surface area contributed by atoms with Gasteiger partial charge in [-0.05, 0) is 36.6 Å². The number of Topliss-reactive ketones (excluding diaryl/α,β-unsaturated/α-hetero) is 1. The summed E-state index contributed by atoms with van der Waals surface area (Å²) in [5, 5.41) is 13.9. The highest BCUT2D eigenvalue weighted by molar-refractivity contribution is 6.45. The molecular weight excluding hydrogens is 439 g/mol. The lowest BCUT2D eigenvalue weighted by molar-refractivity contribution is 0.0343. The van der Waals surface area contributed by atoms with E-state index in [0.29, 0.717) is 47.4 Å². The number of carbonyl (C=O) groups excluding carboxylic acids is 2. The van der Waals surface area contributed by atoms with E-state index in [4.69, 9.17) is 33.0 Å². The Morgan fingerprint density at radius 2 is 1.81 bits per heavy atom. The number of aliphatic hydroxyl groups is 1. The zero-order valence-corrected chi connectivity index (χ0v) is 18.5. The predicted molar refractivity (Wildman–Crippen MR) is 120 cm³/mol. The maximum atomic E-state index is 13.4. The van der Waals surface area contributed by atoms with Crippen molar-refractivity contribution in [2.24, 2.45) is 7.05 Å². The van der Waals surface area contributed by atoms with E-state index in [1.54, 1.807) is 28.8 Å². The molecule has 1 aliphatic heterocycles. The summed E-state index contributed by atoms with van der Waals surface area (Å²) in [5.41, 5.74) is 1.97. The lowest BCUT2D eigenvalue weighted by Gasteiger charge is -2.38. The van der Waals surface area contributed by atoms with Crippen molar-refractivity contribution in [3.05, 3.63) is 69.3 Å². The molecule has 0 bridgehead atoms. The van der Waals surface area contributed by atoms with Crippen molar-refractivity contribution in [2.45, 2.75) is 18.4 Å². The van der Waals surface area contributed by atoms with Crippen LogP contribution < -0.4 is 5.32 Å². The summed E-state index contributed by atoms with van der Waals surface area (Å²) < 4.78 is 7.33. The molecule has 6 nitrogen and oxygen atoms in total. The van der Waals surface area contributed by atoms with Crippen molar-refractivity contribution in [1.82, 2.24) is 9.88 Å². The molecule has 0 atom stereocenters. The van der Waals surface area contributed by atoms with Crippen molar-refractivity contribution in [3.63, 3.8) is 0 Å². The zero-order valence-electron chi connectivity index (χ0n) is 17.0. The second-order valence-corrected chi connectivity index (χ2v) is 8.48. The number of nitrogens with one attached hydrogen (secondary N) is 1. The highest BCUT2D eigenvalue weighted by Gasteiger charge is 2.37. The maximum Gasteiger partial charge on any atom is 0.268 e. The summed E-state index contributed by atoms with van der Waals surface area (Å²) in [6, 6.07) is 12.3. The molecule has 4 rings (SSSR count). The molecule has 1 aromatic heterocycles. The Hall–Kier alpha value is -2.38. The highest BCUT2D eigenvalue weighted by Crippen LogP contribution is 2.35. The quantitative estimate of drug-likeness (QED) is 0.561. The van der Waals surface area contributed by atoms with Crippen LogP contribution in [0.15, 0.2) is 42.5 Å². The minimum absolute atomic E-state index is 0.233. The molecule has 8 heteroatoms. The number of ether oxygens (including phenoxy) is 1. The van der Waals surface area contributed by atoms with E-state index in [1.807, 2.05) is 25.2 Å². The summed E-state index contributed by atoms with van der Waals surface area (Å²) in [6.45, 7) is 0.477. The van der Waals surface area contributed by atoms with Gasteiger partial charge in [-0.2, -0.15) is 0 Å². The third-order valence-corrected chi connectivity index (χ3v) is 6.77. The molecule has 1 aliphatic rings. The number of halogens is 2. The number of carbonyl (C=O) groups is 2. The molecule has 0 unspecified atom stereocenters. The fourth-order valence-corrected chi connectivity index (χ4v) is 4.50. The van der Waals surface area contributed by atoms with Crippen LogP contribution in [0.5, 0.6) is 0 Å². The van der Waals surface area contributed by atoms with Crippen molar-refractivity contribution in [3.8, 4) is 0 Å². The monoisotopic (exact) mass is 460 g/mol. The molecule has 0 spiro atoms. The Morgan fingerprint density at radius 3 is 2.45 bits per heavy atom. The number of nitrogens with zero attached hydrogens (tertiary/aromatic N) is 1. The average molecular weight is 461 g/mol. The molecule has 0 radical (unpaired) electrons. The van der Waals surface area contributed by atoms with E-state index in [9.17, 15) is 9.59 Å². The van der Waals surface area contributed by atoms with E-state index in [2.05, 4.69) is 5.32 Å². The first kappa shape index (κ1) is 21.8. The van der Waals surface area contributed by atoms with E-state index >= 15 is 0 Å². The van der Waals surface area contributed by atoms with Gasteiger partial charge in [0.2, 0.25) is 0 Å². The van der Waals surface area contributed by atoms with Gasteiger partial charge in [-0.3, -0.25) is 9.59 Å². The fourth-order valence-electron chi connectivity index (χ4n) is 4.12. The van der Waals surface area contributed by atoms with Crippen LogP contribution in [0.25, 0.3) is 10.9 Å². The van der Waals surface area contributed by atoms with Crippen molar-refractivity contribution < 1.29 is 19.4 Å². The number of benzene rings is 2. The lowest BCUT2D eigenvalue weighted by Crippen LogP contribution is -2.49. The van der Waals surface area contributed by atoms with Gasteiger partial charge in [0.05, 0.1) is 15.6 Å². The molecule has 3 aromatic rings. The van der Waals surface area contributed by atoms with Crippen LogP contribution in [0.3, 0.4) is 0 Å². The molecule has 0 saturated carbocycles. The smallest absolute Gasteiger partial charge is 0.268 e. The van der Waals surface area contributed by atoms with Crippen LogP contribution in [0.4, 0.5) is 0 Å². The van der Waals surface area contributed by atoms with E-state index in [-0.39, 0.29) is 11.7 Å².